The molecular weight excluding hydrogens is 378 g/mol. The zero-order valence-electron chi connectivity index (χ0n) is 17.2. The van der Waals surface area contributed by atoms with E-state index in [0.717, 1.165) is 46.4 Å². The average Bonchev–Trinajstić information content (AvgIpc) is 3.06. The Morgan fingerprint density at radius 2 is 1.90 bits per heavy atom. The Morgan fingerprint density at radius 1 is 1.14 bits per heavy atom. The molecule has 0 fully saturated rings. The number of thiophene rings is 1. The van der Waals surface area contributed by atoms with E-state index in [2.05, 4.69) is 49.5 Å². The van der Waals surface area contributed by atoms with E-state index < -0.39 is 5.97 Å². The molecule has 29 heavy (non-hydrogen) atoms. The van der Waals surface area contributed by atoms with E-state index in [4.69, 9.17) is 0 Å². The summed E-state index contributed by atoms with van der Waals surface area (Å²) >= 11 is 1.68. The lowest BCUT2D eigenvalue weighted by Crippen LogP contribution is -2.22. The summed E-state index contributed by atoms with van der Waals surface area (Å²) in [6.07, 6.45) is 2.91. The first-order chi connectivity index (χ1) is 13.9. The van der Waals surface area contributed by atoms with Gasteiger partial charge in [0.15, 0.2) is 0 Å². The fourth-order valence-electron chi connectivity index (χ4n) is 4.30. The van der Waals surface area contributed by atoms with Crippen LogP contribution in [0.2, 0.25) is 0 Å². The quantitative estimate of drug-likeness (QED) is 0.546. The first-order valence-corrected chi connectivity index (χ1v) is 10.9. The number of nitrogens with one attached hydrogen (secondary N) is 1. The van der Waals surface area contributed by atoms with Crippen LogP contribution in [0.4, 0.5) is 0 Å². The Bertz CT molecular complexity index is 1050. The highest BCUT2D eigenvalue weighted by Crippen LogP contribution is 2.46. The summed E-state index contributed by atoms with van der Waals surface area (Å²) in [5, 5.41) is 13.3. The van der Waals surface area contributed by atoms with Crippen molar-refractivity contribution in [3.05, 3.63) is 70.1 Å². The number of aryl methyl sites for hydroxylation is 1. The topological polar surface area (TPSA) is 49.3 Å². The highest BCUT2D eigenvalue weighted by molar-refractivity contribution is 7.16. The normalized spacial score (nSPS) is 15.1. The summed E-state index contributed by atoms with van der Waals surface area (Å²) in [6.45, 7) is 5.17. The first kappa shape index (κ1) is 19.9. The second-order valence-corrected chi connectivity index (χ2v) is 9.73. The van der Waals surface area contributed by atoms with Crippen molar-refractivity contribution in [2.45, 2.75) is 39.7 Å². The lowest BCUT2D eigenvalue weighted by Gasteiger charge is -2.29. The van der Waals surface area contributed by atoms with Crippen LogP contribution in [0.5, 0.6) is 0 Å². The van der Waals surface area contributed by atoms with Gasteiger partial charge < -0.3 is 10.4 Å². The number of rotatable bonds is 5. The predicted molar refractivity (Wildman–Crippen MR) is 121 cm³/mol. The van der Waals surface area contributed by atoms with Crippen LogP contribution in [0.1, 0.15) is 46.6 Å². The molecule has 2 aromatic carbocycles. The highest BCUT2D eigenvalue weighted by atomic mass is 32.1. The lowest BCUT2D eigenvalue weighted by atomic mass is 9.76. The molecule has 0 bridgehead atoms. The minimum Gasteiger partial charge on any atom is -0.478 e. The number of carboxylic acid groups (broad SMARTS) is 1. The molecule has 0 amide bonds. The zero-order valence-corrected chi connectivity index (χ0v) is 18.0. The maximum absolute atomic E-state index is 12.3. The Balaban J connectivity index is 1.86. The number of hydrogen-bond acceptors (Lipinski definition) is 3. The average molecular weight is 406 g/mol. The monoisotopic (exact) mass is 405 g/mol. The summed E-state index contributed by atoms with van der Waals surface area (Å²) in [5.74, 6) is -0.808. The molecule has 1 aliphatic carbocycles. The third kappa shape index (κ3) is 3.87. The van der Waals surface area contributed by atoms with Gasteiger partial charge in [0.25, 0.3) is 0 Å². The Hall–Kier alpha value is -2.43. The highest BCUT2D eigenvalue weighted by Gasteiger charge is 2.33. The van der Waals surface area contributed by atoms with E-state index >= 15 is 0 Å². The summed E-state index contributed by atoms with van der Waals surface area (Å²) in [5.41, 5.74) is 6.21. The van der Waals surface area contributed by atoms with Crippen molar-refractivity contribution in [1.29, 1.82) is 0 Å². The molecule has 150 valence electrons. The second kappa shape index (κ2) is 7.77. The van der Waals surface area contributed by atoms with Gasteiger partial charge in [-0.2, -0.15) is 0 Å². The number of hydrogen-bond donors (Lipinski definition) is 2. The van der Waals surface area contributed by atoms with Gasteiger partial charge in [-0.1, -0.05) is 56.3 Å². The van der Waals surface area contributed by atoms with Gasteiger partial charge >= 0.3 is 5.97 Å². The molecule has 0 saturated heterocycles. The molecule has 3 aromatic rings. The van der Waals surface area contributed by atoms with Gasteiger partial charge in [-0.25, -0.2) is 4.79 Å². The van der Waals surface area contributed by atoms with Gasteiger partial charge in [0.05, 0.1) is 5.56 Å². The molecule has 0 radical (unpaired) electrons. The zero-order chi connectivity index (χ0) is 20.6. The van der Waals surface area contributed by atoms with Crippen LogP contribution in [0, 0.1) is 5.41 Å². The SMILES string of the molecule is CNCc1cc(-c2ccccc2)ccc1-c1sc2c(c1C(=O)O)CC(C)(C)CC2. The van der Waals surface area contributed by atoms with Gasteiger partial charge in [-0.05, 0) is 65.6 Å². The molecule has 0 unspecified atom stereocenters. The van der Waals surface area contributed by atoms with Crippen molar-refractivity contribution in [3.8, 4) is 21.6 Å². The van der Waals surface area contributed by atoms with Crippen molar-refractivity contribution < 1.29 is 9.90 Å². The first-order valence-electron chi connectivity index (χ1n) is 10.1. The van der Waals surface area contributed by atoms with Crippen molar-refractivity contribution in [2.75, 3.05) is 7.05 Å². The van der Waals surface area contributed by atoms with Crippen molar-refractivity contribution >= 4 is 17.3 Å². The van der Waals surface area contributed by atoms with Crippen molar-refractivity contribution in [1.82, 2.24) is 5.32 Å². The summed E-state index contributed by atoms with van der Waals surface area (Å²) in [7, 11) is 1.93. The Morgan fingerprint density at radius 3 is 2.59 bits per heavy atom. The maximum atomic E-state index is 12.3. The smallest absolute Gasteiger partial charge is 0.337 e. The maximum Gasteiger partial charge on any atom is 0.337 e. The number of aromatic carboxylic acids is 1. The standard InChI is InChI=1S/C25H27NO2S/c1-25(2)12-11-21-20(14-25)22(24(27)28)23(29-21)19-10-9-17(13-18(19)15-26-3)16-7-5-4-6-8-16/h4-10,13,26H,11-12,14-15H2,1-3H3,(H,27,28). The number of benzene rings is 2. The summed E-state index contributed by atoms with van der Waals surface area (Å²) < 4.78 is 0. The molecule has 4 rings (SSSR count). The fraction of sp³-hybridized carbons (Fsp3) is 0.320. The van der Waals surface area contributed by atoms with Crippen LogP contribution < -0.4 is 5.32 Å². The van der Waals surface area contributed by atoms with Gasteiger partial charge in [-0.15, -0.1) is 11.3 Å². The van der Waals surface area contributed by atoms with Crippen LogP contribution in [0.25, 0.3) is 21.6 Å². The molecule has 1 heterocycles. The van der Waals surface area contributed by atoms with E-state index in [1.165, 1.54) is 10.4 Å². The third-order valence-corrected chi connectivity index (χ3v) is 7.14. The van der Waals surface area contributed by atoms with E-state index in [9.17, 15) is 9.90 Å². The van der Waals surface area contributed by atoms with Crippen molar-refractivity contribution in [3.63, 3.8) is 0 Å². The van der Waals surface area contributed by atoms with Gasteiger partial charge in [-0.3, -0.25) is 0 Å². The third-order valence-electron chi connectivity index (χ3n) is 5.81. The van der Waals surface area contributed by atoms with Gasteiger partial charge in [0.1, 0.15) is 0 Å². The molecule has 3 nitrogen and oxygen atoms in total. The van der Waals surface area contributed by atoms with E-state index in [-0.39, 0.29) is 5.41 Å². The molecule has 0 saturated carbocycles. The van der Waals surface area contributed by atoms with Crippen LogP contribution in [-0.2, 0) is 19.4 Å². The largest absolute Gasteiger partial charge is 0.478 e. The van der Waals surface area contributed by atoms with Crippen molar-refractivity contribution in [2.24, 2.45) is 5.41 Å². The molecule has 1 aliphatic rings. The predicted octanol–water partition coefficient (Wildman–Crippen LogP) is 6.01. The summed E-state index contributed by atoms with van der Waals surface area (Å²) in [4.78, 5) is 14.4. The Kier molecular flexibility index (Phi) is 5.32. The second-order valence-electron chi connectivity index (χ2n) is 8.62. The molecule has 2 N–H and O–H groups in total. The lowest BCUT2D eigenvalue weighted by molar-refractivity contribution is 0.0696. The minimum atomic E-state index is -0.808. The molecule has 0 atom stereocenters. The van der Waals surface area contributed by atoms with E-state index in [1.807, 2.05) is 25.2 Å². The fourth-order valence-corrected chi connectivity index (χ4v) is 5.67. The molecule has 1 aromatic heterocycles. The van der Waals surface area contributed by atoms with Crippen LogP contribution in [0.3, 0.4) is 0 Å². The molecule has 0 spiro atoms. The van der Waals surface area contributed by atoms with Crippen LogP contribution in [-0.4, -0.2) is 18.1 Å². The molecular formula is C25H27NO2S. The number of fused-ring (bicyclic) bond motifs is 1. The summed E-state index contributed by atoms with van der Waals surface area (Å²) in [6, 6.07) is 16.7. The van der Waals surface area contributed by atoms with Gasteiger partial charge in [0.2, 0.25) is 0 Å². The van der Waals surface area contributed by atoms with Crippen LogP contribution >= 0.6 is 11.3 Å². The molecule has 4 heteroatoms. The number of carbonyl (C=O) groups is 1. The van der Waals surface area contributed by atoms with Gasteiger partial charge in [0, 0.05) is 16.3 Å². The molecule has 0 aliphatic heterocycles. The number of carboxylic acids is 1. The van der Waals surface area contributed by atoms with Crippen LogP contribution in [0.15, 0.2) is 48.5 Å². The van der Waals surface area contributed by atoms with E-state index in [1.54, 1.807) is 11.3 Å². The minimum absolute atomic E-state index is 0.153. The van der Waals surface area contributed by atoms with E-state index in [0.29, 0.717) is 12.1 Å². The Labute approximate surface area is 176 Å².